The van der Waals surface area contributed by atoms with E-state index in [2.05, 4.69) is 15.7 Å². The van der Waals surface area contributed by atoms with Gasteiger partial charge in [0, 0.05) is 6.92 Å². The first-order chi connectivity index (χ1) is 6.57. The average molecular weight is 198 g/mol. The topological polar surface area (TPSA) is 76.7 Å². The maximum Gasteiger partial charge on any atom is 0.371 e. The molecule has 0 saturated heterocycles. The highest BCUT2D eigenvalue weighted by Crippen LogP contribution is 1.97. The first kappa shape index (κ1) is 12.0. The highest BCUT2D eigenvalue weighted by Gasteiger charge is 2.01. The van der Waals surface area contributed by atoms with Crippen LogP contribution in [0.4, 0.5) is 0 Å². The molecule has 0 radical (unpaired) electrons. The minimum atomic E-state index is -1.03. The molecule has 0 aliphatic rings. The molecule has 0 bridgehead atoms. The van der Waals surface area contributed by atoms with Crippen molar-refractivity contribution in [3.63, 3.8) is 0 Å². The smallest absolute Gasteiger partial charge is 0.371 e. The third-order valence-corrected chi connectivity index (χ3v) is 0.981. The Morgan fingerprint density at radius 1 is 1.64 bits per heavy atom. The van der Waals surface area contributed by atoms with Crippen LogP contribution in [0.15, 0.2) is 35.7 Å². The van der Waals surface area contributed by atoms with Crippen molar-refractivity contribution >= 4 is 11.9 Å². The van der Waals surface area contributed by atoms with Gasteiger partial charge < -0.3 is 14.3 Å². The predicted octanol–water partition coefficient (Wildman–Crippen LogP) is 1.67. The number of ether oxygens (including phenoxy) is 1. The fourth-order valence-electron chi connectivity index (χ4n) is 0.518. The number of carbonyl (C=O) groups excluding carboxylic acids is 1. The normalized spacial score (nSPS) is 8.07. The SMILES string of the molecule is C=COC(C)=O.O=C(O)c1ccco1. The van der Waals surface area contributed by atoms with Gasteiger partial charge in [-0.1, -0.05) is 6.58 Å². The van der Waals surface area contributed by atoms with Crippen LogP contribution in [0.5, 0.6) is 0 Å². The molecule has 0 aromatic carbocycles. The summed E-state index contributed by atoms with van der Waals surface area (Å²) in [7, 11) is 0. The number of aromatic carboxylic acids is 1. The number of esters is 1. The van der Waals surface area contributed by atoms with Crippen molar-refractivity contribution in [1.29, 1.82) is 0 Å². The second kappa shape index (κ2) is 6.47. The molecule has 0 amide bonds. The van der Waals surface area contributed by atoms with Gasteiger partial charge in [-0.2, -0.15) is 0 Å². The maximum absolute atomic E-state index is 9.97. The first-order valence-corrected chi connectivity index (χ1v) is 3.63. The third-order valence-electron chi connectivity index (χ3n) is 0.981. The molecule has 1 aromatic rings. The maximum atomic E-state index is 9.97. The second-order valence-corrected chi connectivity index (χ2v) is 2.06. The lowest BCUT2D eigenvalue weighted by molar-refractivity contribution is -0.135. The lowest BCUT2D eigenvalue weighted by Gasteiger charge is -1.83. The summed E-state index contributed by atoms with van der Waals surface area (Å²) in [4.78, 5) is 19.7. The van der Waals surface area contributed by atoms with Gasteiger partial charge in [0.1, 0.15) is 0 Å². The molecule has 0 aliphatic carbocycles. The van der Waals surface area contributed by atoms with E-state index in [1.807, 2.05) is 0 Å². The van der Waals surface area contributed by atoms with Crippen LogP contribution in [-0.2, 0) is 9.53 Å². The van der Waals surface area contributed by atoms with E-state index in [0.29, 0.717) is 0 Å². The monoisotopic (exact) mass is 198 g/mol. The lowest BCUT2D eigenvalue weighted by atomic mass is 10.5. The summed E-state index contributed by atoms with van der Waals surface area (Å²) >= 11 is 0. The van der Waals surface area contributed by atoms with Crippen LogP contribution in [0.2, 0.25) is 0 Å². The Morgan fingerprint density at radius 3 is 2.43 bits per heavy atom. The first-order valence-electron chi connectivity index (χ1n) is 3.63. The van der Waals surface area contributed by atoms with E-state index in [0.717, 1.165) is 6.26 Å². The number of carboxylic acids is 1. The van der Waals surface area contributed by atoms with Crippen molar-refractivity contribution in [2.75, 3.05) is 0 Å². The van der Waals surface area contributed by atoms with E-state index in [1.165, 1.54) is 25.3 Å². The molecule has 14 heavy (non-hydrogen) atoms. The van der Waals surface area contributed by atoms with Crippen molar-refractivity contribution in [1.82, 2.24) is 0 Å². The number of hydrogen-bond acceptors (Lipinski definition) is 4. The van der Waals surface area contributed by atoms with Crippen LogP contribution >= 0.6 is 0 Å². The number of rotatable bonds is 2. The number of carbonyl (C=O) groups is 2. The summed E-state index contributed by atoms with van der Waals surface area (Å²) in [6, 6.07) is 2.92. The zero-order valence-electron chi connectivity index (χ0n) is 7.60. The Kier molecular flexibility index (Phi) is 5.53. The van der Waals surface area contributed by atoms with Crippen molar-refractivity contribution in [2.24, 2.45) is 0 Å². The molecule has 0 unspecified atom stereocenters. The average Bonchev–Trinajstić information content (AvgIpc) is 2.56. The van der Waals surface area contributed by atoms with Gasteiger partial charge in [0.15, 0.2) is 0 Å². The lowest BCUT2D eigenvalue weighted by Crippen LogP contribution is -1.90. The van der Waals surface area contributed by atoms with Gasteiger partial charge in [0.05, 0.1) is 12.5 Å². The zero-order chi connectivity index (χ0) is 11.0. The minimum absolute atomic E-state index is 0.0231. The van der Waals surface area contributed by atoms with E-state index in [4.69, 9.17) is 5.11 Å². The van der Waals surface area contributed by atoms with Crippen molar-refractivity contribution in [2.45, 2.75) is 6.92 Å². The van der Waals surface area contributed by atoms with E-state index in [1.54, 1.807) is 0 Å². The van der Waals surface area contributed by atoms with E-state index in [-0.39, 0.29) is 11.7 Å². The van der Waals surface area contributed by atoms with Crippen LogP contribution < -0.4 is 0 Å². The predicted molar refractivity (Wildman–Crippen MR) is 47.6 cm³/mol. The molecular weight excluding hydrogens is 188 g/mol. The largest absolute Gasteiger partial charge is 0.475 e. The van der Waals surface area contributed by atoms with Crippen LogP contribution in [0.3, 0.4) is 0 Å². The van der Waals surface area contributed by atoms with E-state index < -0.39 is 5.97 Å². The molecule has 1 N–H and O–H groups in total. The summed E-state index contributed by atoms with van der Waals surface area (Å²) in [6.45, 7) is 4.48. The fourth-order valence-corrected chi connectivity index (χ4v) is 0.518. The summed E-state index contributed by atoms with van der Waals surface area (Å²) in [5, 5.41) is 8.18. The highest BCUT2D eigenvalue weighted by molar-refractivity contribution is 5.84. The Hall–Kier alpha value is -2.04. The molecule has 0 spiro atoms. The quantitative estimate of drug-likeness (QED) is 0.577. The van der Waals surface area contributed by atoms with E-state index >= 15 is 0 Å². The molecule has 0 atom stereocenters. The van der Waals surface area contributed by atoms with Crippen molar-refractivity contribution in [3.8, 4) is 0 Å². The second-order valence-electron chi connectivity index (χ2n) is 2.06. The molecular formula is C9H10O5. The van der Waals surface area contributed by atoms with Gasteiger partial charge >= 0.3 is 11.9 Å². The molecule has 1 aromatic heterocycles. The summed E-state index contributed by atoms with van der Waals surface area (Å²) in [5.41, 5.74) is 0. The van der Waals surface area contributed by atoms with Crippen LogP contribution in [0.1, 0.15) is 17.5 Å². The van der Waals surface area contributed by atoms with Gasteiger partial charge in [-0.05, 0) is 12.1 Å². The Balaban J connectivity index is 0.000000255. The standard InChI is InChI=1S/C5H4O3.C4H6O2/c6-5(7)4-2-1-3-8-4;1-3-6-4(2)5/h1-3H,(H,6,7);3H,1H2,2H3. The minimum Gasteiger partial charge on any atom is -0.475 e. The Morgan fingerprint density at radius 2 is 2.29 bits per heavy atom. The molecule has 5 nitrogen and oxygen atoms in total. The number of furan rings is 1. The van der Waals surface area contributed by atoms with Gasteiger partial charge in [0.2, 0.25) is 5.76 Å². The third kappa shape index (κ3) is 5.59. The molecule has 0 fully saturated rings. The van der Waals surface area contributed by atoms with Gasteiger partial charge in [-0.3, -0.25) is 4.79 Å². The zero-order valence-corrected chi connectivity index (χ0v) is 7.60. The summed E-state index contributed by atoms with van der Waals surface area (Å²) in [5.74, 6) is -1.38. The summed E-state index contributed by atoms with van der Waals surface area (Å²) in [6.07, 6.45) is 2.42. The number of carboxylic acid groups (broad SMARTS) is 1. The molecule has 76 valence electrons. The fraction of sp³-hybridized carbons (Fsp3) is 0.111. The molecule has 5 heteroatoms. The number of hydrogen-bond donors (Lipinski definition) is 1. The highest BCUT2D eigenvalue weighted by atomic mass is 16.5. The molecule has 0 saturated carbocycles. The van der Waals surface area contributed by atoms with Crippen molar-refractivity contribution < 1.29 is 23.8 Å². The van der Waals surface area contributed by atoms with Gasteiger partial charge in [-0.25, -0.2) is 4.79 Å². The van der Waals surface area contributed by atoms with Crippen LogP contribution in [-0.4, -0.2) is 17.0 Å². The summed E-state index contributed by atoms with van der Waals surface area (Å²) < 4.78 is 8.66. The van der Waals surface area contributed by atoms with E-state index in [9.17, 15) is 9.59 Å². The molecule has 1 rings (SSSR count). The Labute approximate surface area is 80.6 Å². The van der Waals surface area contributed by atoms with Crippen LogP contribution in [0.25, 0.3) is 0 Å². The van der Waals surface area contributed by atoms with Crippen LogP contribution in [0, 0.1) is 0 Å². The molecule has 1 heterocycles. The molecule has 0 aliphatic heterocycles. The van der Waals surface area contributed by atoms with Crippen molar-refractivity contribution in [3.05, 3.63) is 37.0 Å². The van der Waals surface area contributed by atoms with Gasteiger partial charge in [0.25, 0.3) is 0 Å². The Bertz CT molecular complexity index is 299. The van der Waals surface area contributed by atoms with Gasteiger partial charge in [-0.15, -0.1) is 0 Å².